The van der Waals surface area contributed by atoms with E-state index in [0.717, 1.165) is 10.9 Å². The van der Waals surface area contributed by atoms with Crippen LogP contribution in [0.2, 0.25) is 22.2 Å². The number of nitrogens with zero attached hydrogens (tertiary/aromatic N) is 3. The van der Waals surface area contributed by atoms with Crippen LogP contribution in [0.5, 0.6) is 0 Å². The number of hydrogen-bond donors (Lipinski definition) is 2. The minimum absolute atomic E-state index is 0.0339. The van der Waals surface area contributed by atoms with E-state index in [1.54, 1.807) is 0 Å². The first-order valence-corrected chi connectivity index (χ1v) is 19.0. The Balaban J connectivity index is 1.93. The van der Waals surface area contributed by atoms with Crippen molar-refractivity contribution in [2.75, 3.05) is 12.3 Å². The molecule has 238 valence electrons. The summed E-state index contributed by atoms with van der Waals surface area (Å²) in [6, 6.07) is 0. The van der Waals surface area contributed by atoms with Crippen molar-refractivity contribution in [2.24, 2.45) is 0 Å². The fraction of sp³-hybridized carbons (Fsp3) is 0.783. The van der Waals surface area contributed by atoms with Gasteiger partial charge in [-0.3, -0.25) is 18.5 Å². The number of fused-ring (bicyclic) bond motifs is 2. The monoisotopic (exact) mass is 657 g/mol. The molecule has 0 radical (unpaired) electrons. The van der Waals surface area contributed by atoms with Crippen LogP contribution in [0.25, 0.3) is 11.2 Å². The van der Waals surface area contributed by atoms with E-state index in [-0.39, 0.29) is 45.9 Å². The van der Waals surface area contributed by atoms with E-state index >= 15 is 0 Å². The molecule has 0 aromatic carbocycles. The van der Waals surface area contributed by atoms with Gasteiger partial charge in [-0.25, -0.2) is 4.98 Å². The highest BCUT2D eigenvalue weighted by atomic mass is 32.2. The van der Waals surface area contributed by atoms with E-state index in [2.05, 4.69) is 15.0 Å². The lowest BCUT2D eigenvalue weighted by molar-refractivity contribution is -0.0694. The number of nitrogens with one attached hydrogen (secondary N) is 1. The van der Waals surface area contributed by atoms with E-state index in [1.165, 1.54) is 0 Å². The second-order valence-corrected chi connectivity index (χ2v) is 22.3. The third-order valence-corrected chi connectivity index (χ3v) is 19.2. The molecule has 3 N–H and O–H groups in total. The second kappa shape index (κ2) is 11.2. The molecule has 2 fully saturated rings. The van der Waals surface area contributed by atoms with Crippen LogP contribution in [-0.2, 0) is 32.0 Å². The number of alkyl halides is 3. The summed E-state index contributed by atoms with van der Waals surface area (Å²) in [6.07, 6.45) is -4.80. The van der Waals surface area contributed by atoms with E-state index in [4.69, 9.17) is 27.6 Å². The Morgan fingerprint density at radius 2 is 1.64 bits per heavy atom. The first-order chi connectivity index (χ1) is 19.3. The molecule has 2 aromatic heterocycles. The number of rotatable bonds is 7. The van der Waals surface area contributed by atoms with Crippen LogP contribution in [0.4, 0.5) is 19.1 Å². The molecule has 13 nitrogen and oxygen atoms in total. The number of H-pyrrole nitrogens is 1. The molecular formula is C23H38F3N5O8SSi2. The van der Waals surface area contributed by atoms with Gasteiger partial charge in [0.2, 0.25) is 5.95 Å². The van der Waals surface area contributed by atoms with Crippen LogP contribution in [0.1, 0.15) is 61.6 Å². The van der Waals surface area contributed by atoms with E-state index in [1.807, 2.05) is 55.4 Å². The summed E-state index contributed by atoms with van der Waals surface area (Å²) in [6.45, 7) is 15.4. The van der Waals surface area contributed by atoms with E-state index in [0.29, 0.717) is 0 Å². The number of nitrogens with two attached hydrogens (primary N) is 1. The summed E-state index contributed by atoms with van der Waals surface area (Å²) in [4.78, 5) is 22.8. The van der Waals surface area contributed by atoms with Crippen molar-refractivity contribution >= 4 is 44.4 Å². The van der Waals surface area contributed by atoms with Gasteiger partial charge >= 0.3 is 32.7 Å². The Labute approximate surface area is 243 Å². The molecule has 0 aliphatic carbocycles. The smallest absolute Gasteiger partial charge is 0.414 e. The summed E-state index contributed by atoms with van der Waals surface area (Å²) in [5, 5.41) is 0. The Hall–Kier alpha value is -1.88. The van der Waals surface area contributed by atoms with Crippen molar-refractivity contribution in [3.63, 3.8) is 0 Å². The van der Waals surface area contributed by atoms with Gasteiger partial charge in [-0.1, -0.05) is 55.4 Å². The van der Waals surface area contributed by atoms with Crippen molar-refractivity contribution < 1.29 is 43.5 Å². The zero-order valence-corrected chi connectivity index (χ0v) is 27.4. The zero-order valence-electron chi connectivity index (χ0n) is 24.6. The largest absolute Gasteiger partial charge is 0.523 e. The Morgan fingerprint density at radius 3 is 2.17 bits per heavy atom. The van der Waals surface area contributed by atoms with Crippen LogP contribution in [-0.4, -0.2) is 75.5 Å². The number of imidazole rings is 1. The topological polar surface area (TPSA) is 170 Å². The molecule has 4 heterocycles. The number of aromatic amines is 1. The number of nitrogen functional groups attached to an aromatic ring is 1. The fourth-order valence-corrected chi connectivity index (χ4v) is 17.6. The summed E-state index contributed by atoms with van der Waals surface area (Å²) >= 11 is 0. The average molecular weight is 658 g/mol. The highest BCUT2D eigenvalue weighted by Crippen LogP contribution is 2.49. The molecule has 0 amide bonds. The lowest BCUT2D eigenvalue weighted by Crippen LogP contribution is -2.66. The molecule has 19 heteroatoms. The van der Waals surface area contributed by atoms with Crippen molar-refractivity contribution in [1.29, 1.82) is 0 Å². The molecule has 2 aromatic rings. The van der Waals surface area contributed by atoms with Crippen LogP contribution in [0, 0.1) is 0 Å². The minimum atomic E-state index is -6.14. The molecule has 4 rings (SSSR count). The highest BCUT2D eigenvalue weighted by molar-refractivity contribution is 7.87. The molecule has 4 atom stereocenters. The number of hydrogen-bond acceptors (Lipinski definition) is 11. The van der Waals surface area contributed by atoms with Crippen LogP contribution < -0.4 is 11.3 Å². The summed E-state index contributed by atoms with van der Waals surface area (Å²) in [5.74, 6) is -0.290. The van der Waals surface area contributed by atoms with E-state index < -0.39 is 62.8 Å². The first kappa shape index (κ1) is 33.0. The average Bonchev–Trinajstić information content (AvgIpc) is 3.38. The van der Waals surface area contributed by atoms with Gasteiger partial charge in [0.15, 0.2) is 23.5 Å². The summed E-state index contributed by atoms with van der Waals surface area (Å²) in [5.41, 5.74) is -1.57. The number of ether oxygens (including phenoxy) is 1. The van der Waals surface area contributed by atoms with Crippen LogP contribution >= 0.6 is 0 Å². The quantitative estimate of drug-likeness (QED) is 0.252. The predicted molar refractivity (Wildman–Crippen MR) is 150 cm³/mol. The van der Waals surface area contributed by atoms with Gasteiger partial charge in [0, 0.05) is 0 Å². The predicted octanol–water partition coefficient (Wildman–Crippen LogP) is 3.79. The van der Waals surface area contributed by atoms with E-state index in [9.17, 15) is 26.4 Å². The molecular weight excluding hydrogens is 620 g/mol. The number of halogens is 3. The van der Waals surface area contributed by atoms with Crippen molar-refractivity contribution in [3.05, 3.63) is 16.7 Å². The molecule has 0 spiro atoms. The minimum Gasteiger partial charge on any atom is -0.414 e. The Bertz CT molecular complexity index is 1450. The SMILES string of the molecule is CC(C)[Si]1(C(C)C)OC[C@H]2O[C@@H](n3cnc4c(=O)[nH]c(N)nc43)C(OS(=O)(=O)C(F)(F)F)[C@H]2O[Si](C(C)C)(C(C)C)O1. The van der Waals surface area contributed by atoms with Gasteiger partial charge in [-0.05, 0) is 22.2 Å². The van der Waals surface area contributed by atoms with Crippen molar-refractivity contribution in [3.8, 4) is 0 Å². The normalized spacial score (nSPS) is 26.7. The van der Waals surface area contributed by atoms with Gasteiger partial charge in [0.05, 0.1) is 12.9 Å². The van der Waals surface area contributed by atoms with Crippen LogP contribution in [0.3, 0.4) is 0 Å². The molecule has 0 saturated carbocycles. The molecule has 0 bridgehead atoms. The third kappa shape index (κ3) is 5.46. The van der Waals surface area contributed by atoms with Gasteiger partial charge in [0.1, 0.15) is 12.2 Å². The maximum absolute atomic E-state index is 13.6. The Morgan fingerprint density at radius 1 is 1.07 bits per heavy atom. The molecule has 2 aliphatic heterocycles. The maximum Gasteiger partial charge on any atom is 0.523 e. The van der Waals surface area contributed by atoms with Crippen LogP contribution in [0.15, 0.2) is 11.1 Å². The number of anilines is 1. The molecule has 1 unspecified atom stereocenters. The number of aromatic nitrogens is 4. The molecule has 2 aliphatic rings. The zero-order chi connectivity index (χ0) is 31.6. The van der Waals surface area contributed by atoms with Crippen molar-refractivity contribution in [1.82, 2.24) is 19.5 Å². The van der Waals surface area contributed by atoms with Gasteiger partial charge < -0.3 is 23.4 Å². The van der Waals surface area contributed by atoms with Gasteiger partial charge in [-0.15, -0.1) is 0 Å². The lowest BCUT2D eigenvalue weighted by Gasteiger charge is -2.51. The fourth-order valence-electron chi connectivity index (χ4n) is 5.78. The maximum atomic E-state index is 13.6. The molecule has 42 heavy (non-hydrogen) atoms. The summed E-state index contributed by atoms with van der Waals surface area (Å²) < 4.78 is 98.5. The second-order valence-electron chi connectivity index (χ2n) is 11.9. The van der Waals surface area contributed by atoms with Crippen molar-refractivity contribution in [2.45, 2.75) is 108 Å². The van der Waals surface area contributed by atoms with Gasteiger partial charge in [0.25, 0.3) is 5.56 Å². The highest BCUT2D eigenvalue weighted by Gasteiger charge is 2.63. The Kier molecular flexibility index (Phi) is 8.84. The third-order valence-electron chi connectivity index (χ3n) is 7.86. The standard InChI is InChI=1S/C23H38F3N5O8SSi2/c1-11(2)41(12(3)4)35-9-15-17(38-42(39-41,13(5)6)14(7)8)18(37-40(33,34)23(24,25)26)21(36-15)31-10-28-16-19(31)29-22(27)30-20(16)32/h10-15,17-18,21H,9H2,1-8H3,(H3,27,29,30,32)/t15-,17+,18?,21-/m1/s1. The molecule has 2 saturated heterocycles. The first-order valence-electron chi connectivity index (χ1n) is 13.7. The summed E-state index contributed by atoms with van der Waals surface area (Å²) in [7, 11) is -12.6. The lowest BCUT2D eigenvalue weighted by atomic mass is 10.1. The van der Waals surface area contributed by atoms with Gasteiger partial charge in [-0.2, -0.15) is 26.6 Å².